The van der Waals surface area contributed by atoms with Crippen molar-refractivity contribution in [2.45, 2.75) is 36.2 Å². The highest BCUT2D eigenvalue weighted by molar-refractivity contribution is 6.07. The van der Waals surface area contributed by atoms with Crippen LogP contribution in [0.15, 0.2) is 217 Å². The molecule has 0 saturated heterocycles. The van der Waals surface area contributed by atoms with Gasteiger partial charge in [0.1, 0.15) is 23.0 Å². The fourth-order valence-corrected chi connectivity index (χ4v) is 12.5. The molecule has 0 amide bonds. The molecule has 9 aromatic rings. The van der Waals surface area contributed by atoms with Crippen LogP contribution in [0.1, 0.15) is 58.1 Å². The lowest BCUT2D eigenvalue weighted by Gasteiger charge is -2.39. The number of ether oxygens (including phenoxy) is 1. The summed E-state index contributed by atoms with van der Waals surface area (Å²) < 4.78 is 13.1. The van der Waals surface area contributed by atoms with Gasteiger partial charge < -0.3 is 9.15 Å². The molecule has 1 aliphatic heterocycles. The minimum absolute atomic E-state index is 0.0432. The van der Waals surface area contributed by atoms with E-state index in [1.807, 2.05) is 0 Å². The van der Waals surface area contributed by atoms with E-state index >= 15 is 0 Å². The molecule has 4 unspecified atom stereocenters. The standard InChI is InChI=1S/C63H44O2/c1-3-15-42(16-4-1)63(43-17-5-2-6-18-43)56-26-10-7-19-46(56)47-32-31-41(35-57(47)63)62-52-24-13-22-44(39-29-33-50-48-20-8-11-27-58(48)64-60(50)36-39)54(52)38-55-45(23-14-25-53(55)62)40-30-34-51-49-21-9-12-28-59(49)65-61(51)37-40/h1-13,15-22,24-38,46,48,56,58H,14,23H2. The second kappa shape index (κ2) is 14.2. The number of para-hydroxylation sites is 1. The van der Waals surface area contributed by atoms with Gasteiger partial charge in [0.2, 0.25) is 0 Å². The lowest BCUT2D eigenvalue weighted by atomic mass is 9.63. The van der Waals surface area contributed by atoms with Crippen molar-refractivity contribution in [2.75, 3.05) is 0 Å². The smallest absolute Gasteiger partial charge is 0.136 e. The zero-order chi connectivity index (χ0) is 42.6. The maximum Gasteiger partial charge on any atom is 0.136 e. The van der Waals surface area contributed by atoms with Crippen LogP contribution in [0.5, 0.6) is 5.75 Å². The minimum atomic E-state index is -0.384. The fourth-order valence-electron chi connectivity index (χ4n) is 12.5. The predicted octanol–water partition coefficient (Wildman–Crippen LogP) is 14.0. The molecular weight excluding hydrogens is 789 g/mol. The van der Waals surface area contributed by atoms with E-state index in [-0.39, 0.29) is 29.3 Å². The van der Waals surface area contributed by atoms with Gasteiger partial charge in [-0.3, -0.25) is 0 Å². The first-order valence-electron chi connectivity index (χ1n) is 23.2. The van der Waals surface area contributed by atoms with Crippen molar-refractivity contribution >= 4 is 44.4 Å². The van der Waals surface area contributed by atoms with Gasteiger partial charge in [0, 0.05) is 34.1 Å². The van der Waals surface area contributed by atoms with Gasteiger partial charge >= 0.3 is 0 Å². The van der Waals surface area contributed by atoms with Gasteiger partial charge in [0.05, 0.1) is 5.41 Å². The Balaban J connectivity index is 1.06. The van der Waals surface area contributed by atoms with Gasteiger partial charge in [0.25, 0.3) is 0 Å². The average Bonchev–Trinajstić information content (AvgIpc) is 4.03. The SMILES string of the molecule is C1=CC2Oc3cc(-c4cccc5c(-c6ccc7c(c6)C(c6ccccc6)(c6ccccc6)C6C=CC=CC76)c6c(cc45)=C(c4ccc5c(c4)oc4ccccc45)CCC=6)ccc3C2C=C1. The molecule has 14 rings (SSSR count). The number of hydrogen-bond donors (Lipinski definition) is 0. The Morgan fingerprint density at radius 1 is 0.492 bits per heavy atom. The van der Waals surface area contributed by atoms with Gasteiger partial charge in [-0.05, 0) is 132 Å². The Morgan fingerprint density at radius 3 is 2.06 bits per heavy atom. The van der Waals surface area contributed by atoms with E-state index in [1.54, 1.807) is 0 Å². The summed E-state index contributed by atoms with van der Waals surface area (Å²) in [7, 11) is 0. The van der Waals surface area contributed by atoms with Crippen molar-refractivity contribution in [1.82, 2.24) is 0 Å². The molecule has 0 fully saturated rings. The topological polar surface area (TPSA) is 22.4 Å². The normalized spacial score (nSPS) is 20.6. The zero-order valence-electron chi connectivity index (χ0n) is 35.8. The lowest BCUT2D eigenvalue weighted by molar-refractivity contribution is 0.269. The maximum absolute atomic E-state index is 6.61. The van der Waals surface area contributed by atoms with Gasteiger partial charge in [-0.15, -0.1) is 0 Å². The molecule has 65 heavy (non-hydrogen) atoms. The van der Waals surface area contributed by atoms with Crippen LogP contribution in [0.3, 0.4) is 0 Å². The molecule has 5 aliphatic rings. The van der Waals surface area contributed by atoms with Crippen molar-refractivity contribution in [3.8, 4) is 28.0 Å². The molecule has 0 saturated carbocycles. The summed E-state index contributed by atoms with van der Waals surface area (Å²) in [5, 5.41) is 7.41. The molecular formula is C63H44O2. The molecule has 2 heteroatoms. The second-order valence-electron chi connectivity index (χ2n) is 18.4. The van der Waals surface area contributed by atoms with Crippen molar-refractivity contribution in [3.63, 3.8) is 0 Å². The minimum Gasteiger partial charge on any atom is -0.485 e. The molecule has 1 aromatic heterocycles. The van der Waals surface area contributed by atoms with E-state index in [0.717, 1.165) is 40.5 Å². The Hall–Kier alpha value is -7.68. The van der Waals surface area contributed by atoms with Crippen LogP contribution in [0.4, 0.5) is 0 Å². The third-order valence-electron chi connectivity index (χ3n) is 15.3. The summed E-state index contributed by atoms with van der Waals surface area (Å²) in [6.45, 7) is 0. The number of furan rings is 1. The van der Waals surface area contributed by atoms with Gasteiger partial charge in [-0.2, -0.15) is 0 Å². The van der Waals surface area contributed by atoms with E-state index in [1.165, 1.54) is 82.4 Å². The van der Waals surface area contributed by atoms with Crippen LogP contribution < -0.4 is 15.2 Å². The number of allylic oxidation sites excluding steroid dienone is 6. The highest BCUT2D eigenvalue weighted by Crippen LogP contribution is 2.60. The molecule has 0 radical (unpaired) electrons. The third kappa shape index (κ3) is 5.35. The van der Waals surface area contributed by atoms with Crippen LogP contribution in [0, 0.1) is 5.92 Å². The van der Waals surface area contributed by atoms with E-state index in [0.29, 0.717) is 0 Å². The van der Waals surface area contributed by atoms with Crippen LogP contribution >= 0.6 is 0 Å². The summed E-state index contributed by atoms with van der Waals surface area (Å²) in [6.07, 6.45) is 22.5. The Morgan fingerprint density at radius 2 is 1.20 bits per heavy atom. The molecule has 2 heterocycles. The summed E-state index contributed by atoms with van der Waals surface area (Å²) in [5.41, 5.74) is 15.7. The predicted molar refractivity (Wildman–Crippen MR) is 267 cm³/mol. The summed E-state index contributed by atoms with van der Waals surface area (Å²) in [4.78, 5) is 0. The lowest BCUT2D eigenvalue weighted by Crippen LogP contribution is -2.35. The molecule has 4 aliphatic carbocycles. The highest BCUT2D eigenvalue weighted by Gasteiger charge is 2.53. The molecule has 2 nitrogen and oxygen atoms in total. The number of fused-ring (bicyclic) bond motifs is 11. The third-order valence-corrected chi connectivity index (χ3v) is 15.3. The molecule has 8 aromatic carbocycles. The maximum atomic E-state index is 6.61. The summed E-state index contributed by atoms with van der Waals surface area (Å²) >= 11 is 0. The number of rotatable bonds is 5. The Bertz CT molecular complexity index is 3670. The van der Waals surface area contributed by atoms with E-state index in [4.69, 9.17) is 9.15 Å². The van der Waals surface area contributed by atoms with Crippen LogP contribution in [0.25, 0.3) is 66.6 Å². The summed E-state index contributed by atoms with van der Waals surface area (Å²) in [6, 6.07) is 61.5. The van der Waals surface area contributed by atoms with Crippen molar-refractivity contribution in [2.24, 2.45) is 5.92 Å². The van der Waals surface area contributed by atoms with E-state index in [2.05, 4.69) is 218 Å². The zero-order valence-corrected chi connectivity index (χ0v) is 35.8. The highest BCUT2D eigenvalue weighted by atomic mass is 16.5. The summed E-state index contributed by atoms with van der Waals surface area (Å²) in [5.74, 6) is 1.71. The second-order valence-corrected chi connectivity index (χ2v) is 18.4. The first kappa shape index (κ1) is 36.8. The van der Waals surface area contributed by atoms with Crippen molar-refractivity contribution < 1.29 is 9.15 Å². The van der Waals surface area contributed by atoms with Gasteiger partial charge in [-0.1, -0.05) is 176 Å². The molecule has 0 bridgehead atoms. The van der Waals surface area contributed by atoms with Crippen molar-refractivity contribution in [3.05, 3.63) is 256 Å². The number of hydrogen-bond acceptors (Lipinski definition) is 2. The van der Waals surface area contributed by atoms with Crippen LogP contribution in [0.2, 0.25) is 0 Å². The first-order chi connectivity index (χ1) is 32.2. The van der Waals surface area contributed by atoms with Crippen LogP contribution in [-0.4, -0.2) is 6.10 Å². The van der Waals surface area contributed by atoms with E-state index < -0.39 is 0 Å². The van der Waals surface area contributed by atoms with Gasteiger partial charge in [-0.25, -0.2) is 0 Å². The van der Waals surface area contributed by atoms with Crippen molar-refractivity contribution in [1.29, 1.82) is 0 Å². The number of benzene rings is 8. The Labute approximate surface area is 378 Å². The van der Waals surface area contributed by atoms with E-state index in [9.17, 15) is 0 Å². The largest absolute Gasteiger partial charge is 0.485 e. The Kier molecular flexibility index (Phi) is 8.01. The quantitative estimate of drug-likeness (QED) is 0.172. The molecule has 308 valence electrons. The first-order valence-corrected chi connectivity index (χ1v) is 23.2. The van der Waals surface area contributed by atoms with Gasteiger partial charge in [0.15, 0.2) is 0 Å². The van der Waals surface area contributed by atoms with Crippen LogP contribution in [-0.2, 0) is 5.41 Å². The monoisotopic (exact) mass is 832 g/mol. The fraction of sp³-hybridized carbons (Fsp3) is 0.111. The molecule has 4 atom stereocenters. The average molecular weight is 833 g/mol. The molecule has 0 spiro atoms. The molecule has 0 N–H and O–H groups in total.